The first-order valence-electron chi connectivity index (χ1n) is 6.99. The normalized spacial score (nSPS) is 11.5. The number of ether oxygens (including phenoxy) is 1. The monoisotopic (exact) mass is 288 g/mol. The predicted molar refractivity (Wildman–Crippen MR) is 82.3 cm³/mol. The van der Waals surface area contributed by atoms with Crippen LogP contribution in [-0.4, -0.2) is 5.11 Å². The fourth-order valence-corrected chi connectivity index (χ4v) is 2.13. The van der Waals surface area contributed by atoms with Crippen LogP contribution in [0.4, 0.5) is 4.39 Å². The van der Waals surface area contributed by atoms with Crippen molar-refractivity contribution in [2.45, 2.75) is 39.7 Å². The summed E-state index contributed by atoms with van der Waals surface area (Å²) in [6.07, 6.45) is 0. The van der Waals surface area contributed by atoms with Crippen molar-refractivity contribution >= 4 is 0 Å². The van der Waals surface area contributed by atoms with Gasteiger partial charge in [0, 0.05) is 6.07 Å². The third-order valence-corrected chi connectivity index (χ3v) is 3.38. The fourth-order valence-electron chi connectivity index (χ4n) is 2.13. The Balaban J connectivity index is 2.30. The van der Waals surface area contributed by atoms with Crippen molar-refractivity contribution in [3.05, 3.63) is 58.9 Å². The van der Waals surface area contributed by atoms with Gasteiger partial charge in [-0.15, -0.1) is 0 Å². The second-order valence-corrected chi connectivity index (χ2v) is 6.29. The van der Waals surface area contributed by atoms with Gasteiger partial charge in [0.05, 0.1) is 6.61 Å². The molecule has 0 aromatic heterocycles. The molecule has 0 fully saturated rings. The minimum Gasteiger partial charge on any atom is -0.457 e. The van der Waals surface area contributed by atoms with Crippen molar-refractivity contribution in [1.29, 1.82) is 0 Å². The van der Waals surface area contributed by atoms with Crippen LogP contribution in [0.15, 0.2) is 36.4 Å². The van der Waals surface area contributed by atoms with Gasteiger partial charge in [-0.05, 0) is 47.2 Å². The van der Waals surface area contributed by atoms with Crippen LogP contribution in [0, 0.1) is 12.7 Å². The fraction of sp³-hybridized carbons (Fsp3) is 0.333. The van der Waals surface area contributed by atoms with Crippen molar-refractivity contribution in [3.63, 3.8) is 0 Å². The molecular formula is C18H21FO2. The average molecular weight is 288 g/mol. The first kappa shape index (κ1) is 15.5. The van der Waals surface area contributed by atoms with Gasteiger partial charge in [-0.2, -0.15) is 0 Å². The minimum absolute atomic E-state index is 0.0756. The van der Waals surface area contributed by atoms with Gasteiger partial charge < -0.3 is 9.84 Å². The lowest BCUT2D eigenvalue weighted by Gasteiger charge is -2.20. The summed E-state index contributed by atoms with van der Waals surface area (Å²) in [5, 5.41) is 9.11. The number of benzene rings is 2. The molecule has 0 radical (unpaired) electrons. The summed E-state index contributed by atoms with van der Waals surface area (Å²) in [5.41, 5.74) is 2.79. The van der Waals surface area contributed by atoms with E-state index in [4.69, 9.17) is 9.84 Å². The Bertz CT molecular complexity index is 642. The molecule has 0 spiro atoms. The number of halogens is 1. The molecule has 2 nitrogen and oxygen atoms in total. The van der Waals surface area contributed by atoms with E-state index in [0.717, 1.165) is 5.56 Å². The van der Waals surface area contributed by atoms with E-state index in [0.29, 0.717) is 17.1 Å². The Kier molecular flexibility index (Phi) is 4.33. The van der Waals surface area contributed by atoms with E-state index in [1.807, 2.05) is 19.1 Å². The number of aryl methyl sites for hydroxylation is 1. The third-order valence-electron chi connectivity index (χ3n) is 3.38. The summed E-state index contributed by atoms with van der Waals surface area (Å²) < 4.78 is 19.2. The van der Waals surface area contributed by atoms with E-state index < -0.39 is 5.82 Å². The van der Waals surface area contributed by atoms with Crippen molar-refractivity contribution < 1.29 is 14.2 Å². The molecule has 21 heavy (non-hydrogen) atoms. The maximum Gasteiger partial charge on any atom is 0.130 e. The number of rotatable bonds is 3. The first-order valence-corrected chi connectivity index (χ1v) is 6.99. The number of hydrogen-bond donors (Lipinski definition) is 1. The summed E-state index contributed by atoms with van der Waals surface area (Å²) in [6, 6.07) is 10.3. The lowest BCUT2D eigenvalue weighted by molar-refractivity contribution is 0.280. The molecule has 0 saturated carbocycles. The molecule has 0 aliphatic carbocycles. The minimum atomic E-state index is -0.416. The van der Waals surface area contributed by atoms with E-state index in [1.165, 1.54) is 17.7 Å². The van der Waals surface area contributed by atoms with Crippen LogP contribution in [0.5, 0.6) is 11.5 Å². The van der Waals surface area contributed by atoms with E-state index >= 15 is 0 Å². The second-order valence-electron chi connectivity index (χ2n) is 6.29. The second kappa shape index (κ2) is 5.86. The number of aliphatic hydroxyl groups excluding tert-OH is 1. The van der Waals surface area contributed by atoms with Gasteiger partial charge in [0.1, 0.15) is 17.3 Å². The molecule has 2 aromatic carbocycles. The Labute approximate surface area is 125 Å². The Morgan fingerprint density at radius 1 is 1.10 bits per heavy atom. The third kappa shape index (κ3) is 3.82. The molecule has 0 aliphatic rings. The van der Waals surface area contributed by atoms with Gasteiger partial charge in [-0.25, -0.2) is 4.39 Å². The smallest absolute Gasteiger partial charge is 0.130 e. The van der Waals surface area contributed by atoms with Gasteiger partial charge in [0.25, 0.3) is 0 Å². The SMILES string of the molecule is Cc1cc(C(C)(C)C)ccc1Oc1cc(F)cc(CO)c1. The largest absolute Gasteiger partial charge is 0.457 e. The standard InChI is InChI=1S/C18H21FO2/c1-12-7-14(18(2,3)4)5-6-17(12)21-16-9-13(11-20)8-15(19)10-16/h5-10,20H,11H2,1-4H3. The molecule has 0 bridgehead atoms. The summed E-state index contributed by atoms with van der Waals surface area (Å²) in [6.45, 7) is 8.22. The maximum atomic E-state index is 13.4. The van der Waals surface area contributed by atoms with Crippen molar-refractivity contribution in [3.8, 4) is 11.5 Å². The summed E-state index contributed by atoms with van der Waals surface area (Å²) in [7, 11) is 0. The van der Waals surface area contributed by atoms with E-state index in [9.17, 15) is 4.39 Å². The highest BCUT2D eigenvalue weighted by molar-refractivity contribution is 5.42. The zero-order valence-corrected chi connectivity index (χ0v) is 12.9. The van der Waals surface area contributed by atoms with Crippen LogP contribution in [0.3, 0.4) is 0 Å². The van der Waals surface area contributed by atoms with E-state index in [2.05, 4.69) is 26.8 Å². The van der Waals surface area contributed by atoms with Crippen LogP contribution in [-0.2, 0) is 12.0 Å². The van der Waals surface area contributed by atoms with Crippen LogP contribution in [0.25, 0.3) is 0 Å². The Morgan fingerprint density at radius 3 is 2.38 bits per heavy atom. The summed E-state index contributed by atoms with van der Waals surface area (Å²) in [5.74, 6) is 0.670. The predicted octanol–water partition coefficient (Wildman–Crippen LogP) is 4.72. The Hall–Kier alpha value is -1.87. The highest BCUT2D eigenvalue weighted by atomic mass is 19.1. The van der Waals surface area contributed by atoms with Crippen molar-refractivity contribution in [2.24, 2.45) is 0 Å². The molecule has 2 rings (SSSR count). The van der Waals surface area contributed by atoms with Crippen LogP contribution >= 0.6 is 0 Å². The lowest BCUT2D eigenvalue weighted by atomic mass is 9.86. The van der Waals surface area contributed by atoms with Crippen LogP contribution in [0.2, 0.25) is 0 Å². The highest BCUT2D eigenvalue weighted by Crippen LogP contribution is 2.31. The van der Waals surface area contributed by atoms with Gasteiger partial charge in [-0.1, -0.05) is 32.9 Å². The molecule has 0 saturated heterocycles. The van der Waals surface area contributed by atoms with Gasteiger partial charge in [0.15, 0.2) is 0 Å². The molecule has 0 aliphatic heterocycles. The topological polar surface area (TPSA) is 29.5 Å². The van der Waals surface area contributed by atoms with Crippen LogP contribution in [0.1, 0.15) is 37.5 Å². The molecule has 0 atom stereocenters. The molecular weight excluding hydrogens is 267 g/mol. The molecule has 112 valence electrons. The Morgan fingerprint density at radius 2 is 1.81 bits per heavy atom. The lowest BCUT2D eigenvalue weighted by Crippen LogP contribution is -2.11. The quantitative estimate of drug-likeness (QED) is 0.885. The zero-order valence-electron chi connectivity index (χ0n) is 12.9. The van der Waals surface area contributed by atoms with Crippen molar-refractivity contribution in [2.75, 3.05) is 0 Å². The van der Waals surface area contributed by atoms with E-state index in [1.54, 1.807) is 6.07 Å². The number of aliphatic hydroxyl groups is 1. The molecule has 0 amide bonds. The summed E-state index contributed by atoms with van der Waals surface area (Å²) in [4.78, 5) is 0. The van der Waals surface area contributed by atoms with E-state index in [-0.39, 0.29) is 12.0 Å². The van der Waals surface area contributed by atoms with Gasteiger partial charge in [-0.3, -0.25) is 0 Å². The first-order chi connectivity index (χ1) is 9.79. The average Bonchev–Trinajstić information content (AvgIpc) is 2.39. The van der Waals surface area contributed by atoms with Crippen molar-refractivity contribution in [1.82, 2.24) is 0 Å². The molecule has 0 unspecified atom stereocenters. The highest BCUT2D eigenvalue weighted by Gasteiger charge is 2.15. The maximum absolute atomic E-state index is 13.4. The molecule has 3 heteroatoms. The summed E-state index contributed by atoms with van der Waals surface area (Å²) >= 11 is 0. The van der Waals surface area contributed by atoms with Gasteiger partial charge >= 0.3 is 0 Å². The molecule has 2 aromatic rings. The molecule has 0 heterocycles. The zero-order chi connectivity index (χ0) is 15.6. The number of hydrogen-bond acceptors (Lipinski definition) is 2. The molecule has 1 N–H and O–H groups in total. The van der Waals surface area contributed by atoms with Crippen LogP contribution < -0.4 is 4.74 Å². The van der Waals surface area contributed by atoms with Gasteiger partial charge in [0.2, 0.25) is 0 Å².